The first-order chi connectivity index (χ1) is 8.44. The Bertz CT molecular complexity index is 383. The highest BCUT2D eigenvalue weighted by Gasteiger charge is 3.00. The van der Waals surface area contributed by atoms with Crippen LogP contribution in [-0.2, 0) is 0 Å². The molecule has 1 rings (SSSR count). The molecule has 20 heavy (non-hydrogen) atoms. The van der Waals surface area contributed by atoms with E-state index in [9.17, 15) is 43.9 Å². The third-order valence-corrected chi connectivity index (χ3v) is 3.37. The third-order valence-electron chi connectivity index (χ3n) is 3.37. The number of halogens is 10. The molecule has 0 saturated heterocycles. The number of hydrogen-bond donors (Lipinski definition) is 1. The van der Waals surface area contributed by atoms with Crippen LogP contribution in [0.4, 0.5) is 43.9 Å². The van der Waals surface area contributed by atoms with Crippen LogP contribution in [0.2, 0.25) is 0 Å². The van der Waals surface area contributed by atoms with E-state index in [1.54, 1.807) is 0 Å². The van der Waals surface area contributed by atoms with E-state index in [1.165, 1.54) is 0 Å². The SMILES string of the molecule is CC(C)C1(O)C(F)(F)C(F)(F)C(F)(F)C(F)(F)C1(F)F. The minimum absolute atomic E-state index is 0.303. The van der Waals surface area contributed by atoms with Crippen LogP contribution >= 0.6 is 0 Å². The van der Waals surface area contributed by atoms with Crippen LogP contribution in [0.25, 0.3) is 0 Å². The minimum atomic E-state index is -7.05. The second kappa shape index (κ2) is 3.72. The van der Waals surface area contributed by atoms with Gasteiger partial charge in [-0.15, -0.1) is 0 Å². The summed E-state index contributed by atoms with van der Waals surface area (Å²) in [6, 6.07) is 0. The van der Waals surface area contributed by atoms with Gasteiger partial charge in [-0.05, 0) is 5.92 Å². The Balaban J connectivity index is 3.83. The highest BCUT2D eigenvalue weighted by atomic mass is 19.4. The average molecular weight is 322 g/mol. The van der Waals surface area contributed by atoms with Gasteiger partial charge in [0.1, 0.15) is 0 Å². The van der Waals surface area contributed by atoms with E-state index in [1.807, 2.05) is 0 Å². The first-order valence-corrected chi connectivity index (χ1v) is 5.06. The van der Waals surface area contributed by atoms with E-state index < -0.39 is 41.1 Å². The van der Waals surface area contributed by atoms with Crippen LogP contribution in [0, 0.1) is 5.92 Å². The van der Waals surface area contributed by atoms with Crippen molar-refractivity contribution in [3.8, 4) is 0 Å². The molecule has 0 radical (unpaired) electrons. The van der Waals surface area contributed by atoms with Gasteiger partial charge in [0.05, 0.1) is 0 Å². The molecule has 0 spiro atoms. The molecule has 120 valence electrons. The molecule has 0 unspecified atom stereocenters. The predicted octanol–water partition coefficient (Wildman–Crippen LogP) is 3.56. The molecular weight excluding hydrogens is 314 g/mol. The standard InChI is InChI=1S/C9H8F10O/c1-3(2)4(20)5(10,11)7(14,15)9(18,19)8(16,17)6(4,12)13/h3,20H,1-2H3. The van der Waals surface area contributed by atoms with Gasteiger partial charge in [0, 0.05) is 0 Å². The van der Waals surface area contributed by atoms with Gasteiger partial charge in [-0.3, -0.25) is 0 Å². The molecule has 0 aromatic carbocycles. The van der Waals surface area contributed by atoms with E-state index in [0.717, 1.165) is 0 Å². The molecule has 1 aliphatic carbocycles. The van der Waals surface area contributed by atoms with Crippen LogP contribution in [0.15, 0.2) is 0 Å². The lowest BCUT2D eigenvalue weighted by Crippen LogP contribution is -2.86. The zero-order valence-corrected chi connectivity index (χ0v) is 9.80. The highest BCUT2D eigenvalue weighted by Crippen LogP contribution is 2.69. The monoisotopic (exact) mass is 322 g/mol. The second-order valence-electron chi connectivity index (χ2n) is 4.79. The molecule has 1 nitrogen and oxygen atoms in total. The van der Waals surface area contributed by atoms with E-state index in [0.29, 0.717) is 13.8 Å². The quantitative estimate of drug-likeness (QED) is 0.732. The molecule has 0 atom stereocenters. The summed E-state index contributed by atoms with van der Waals surface area (Å²) in [5.41, 5.74) is -5.35. The topological polar surface area (TPSA) is 20.2 Å². The van der Waals surface area contributed by atoms with Crippen LogP contribution in [-0.4, -0.2) is 40.3 Å². The zero-order valence-electron chi connectivity index (χ0n) is 9.80. The Morgan fingerprint density at radius 1 is 0.550 bits per heavy atom. The van der Waals surface area contributed by atoms with Crippen molar-refractivity contribution in [1.29, 1.82) is 0 Å². The lowest BCUT2D eigenvalue weighted by molar-refractivity contribution is -0.501. The Labute approximate surface area is 105 Å². The van der Waals surface area contributed by atoms with Gasteiger partial charge >= 0.3 is 29.6 Å². The maximum absolute atomic E-state index is 13.3. The third kappa shape index (κ3) is 1.30. The lowest BCUT2D eigenvalue weighted by atomic mass is 9.66. The van der Waals surface area contributed by atoms with Crippen molar-refractivity contribution in [2.75, 3.05) is 0 Å². The fourth-order valence-electron chi connectivity index (χ4n) is 1.99. The van der Waals surface area contributed by atoms with Crippen molar-refractivity contribution in [3.05, 3.63) is 0 Å². The average Bonchev–Trinajstić information content (AvgIpc) is 2.24. The van der Waals surface area contributed by atoms with Gasteiger partial charge in [0.25, 0.3) is 0 Å². The van der Waals surface area contributed by atoms with Gasteiger partial charge < -0.3 is 5.11 Å². The molecule has 0 aromatic rings. The first-order valence-electron chi connectivity index (χ1n) is 5.06. The van der Waals surface area contributed by atoms with Gasteiger partial charge in [-0.2, -0.15) is 43.9 Å². The van der Waals surface area contributed by atoms with Crippen molar-refractivity contribution in [2.24, 2.45) is 5.92 Å². The highest BCUT2D eigenvalue weighted by molar-refractivity contribution is 5.26. The minimum Gasteiger partial charge on any atom is -0.378 e. The number of aliphatic hydroxyl groups is 1. The number of rotatable bonds is 1. The molecule has 11 heteroatoms. The first kappa shape index (κ1) is 17.3. The normalized spacial score (nSPS) is 32.1. The molecule has 1 N–H and O–H groups in total. The summed E-state index contributed by atoms with van der Waals surface area (Å²) < 4.78 is 131. The van der Waals surface area contributed by atoms with Crippen LogP contribution in [0.1, 0.15) is 13.8 Å². The number of hydrogen-bond acceptors (Lipinski definition) is 1. The number of alkyl halides is 10. The summed E-state index contributed by atoms with van der Waals surface area (Å²) in [7, 11) is 0. The molecule has 1 fully saturated rings. The van der Waals surface area contributed by atoms with Crippen LogP contribution in [0.3, 0.4) is 0 Å². The van der Waals surface area contributed by atoms with Crippen LogP contribution < -0.4 is 0 Å². The summed E-state index contributed by atoms with van der Waals surface area (Å²) >= 11 is 0. The maximum Gasteiger partial charge on any atom is 0.384 e. The largest absolute Gasteiger partial charge is 0.384 e. The van der Waals surface area contributed by atoms with Gasteiger partial charge in [0.2, 0.25) is 5.60 Å². The van der Waals surface area contributed by atoms with E-state index >= 15 is 0 Å². The Morgan fingerprint density at radius 2 is 0.750 bits per heavy atom. The fourth-order valence-corrected chi connectivity index (χ4v) is 1.99. The molecule has 1 saturated carbocycles. The Morgan fingerprint density at radius 3 is 0.950 bits per heavy atom. The van der Waals surface area contributed by atoms with Gasteiger partial charge in [-0.25, -0.2) is 0 Å². The zero-order chi connectivity index (χ0) is 16.6. The predicted molar refractivity (Wildman–Crippen MR) is 44.5 cm³/mol. The van der Waals surface area contributed by atoms with Crippen molar-refractivity contribution in [3.63, 3.8) is 0 Å². The van der Waals surface area contributed by atoms with Crippen molar-refractivity contribution in [1.82, 2.24) is 0 Å². The van der Waals surface area contributed by atoms with E-state index in [2.05, 4.69) is 0 Å². The summed E-state index contributed by atoms with van der Waals surface area (Å²) in [5, 5.41) is 9.11. The summed E-state index contributed by atoms with van der Waals surface area (Å²) in [5.74, 6) is -36.3. The lowest BCUT2D eigenvalue weighted by Gasteiger charge is -2.55. The van der Waals surface area contributed by atoms with Crippen LogP contribution in [0.5, 0.6) is 0 Å². The van der Waals surface area contributed by atoms with E-state index in [4.69, 9.17) is 5.11 Å². The Hall–Kier alpha value is -0.740. The summed E-state index contributed by atoms with van der Waals surface area (Å²) in [4.78, 5) is 0. The fraction of sp³-hybridized carbons (Fsp3) is 1.00. The molecule has 0 bridgehead atoms. The van der Waals surface area contributed by atoms with Crippen molar-refractivity contribution >= 4 is 0 Å². The molecule has 1 aliphatic rings. The summed E-state index contributed by atoms with van der Waals surface area (Å²) in [6.07, 6.45) is 0. The second-order valence-corrected chi connectivity index (χ2v) is 4.79. The molecule has 0 aromatic heterocycles. The van der Waals surface area contributed by atoms with Gasteiger partial charge in [-0.1, -0.05) is 13.8 Å². The molecule has 0 heterocycles. The van der Waals surface area contributed by atoms with Crippen molar-refractivity contribution in [2.45, 2.75) is 49.1 Å². The van der Waals surface area contributed by atoms with E-state index in [-0.39, 0.29) is 0 Å². The van der Waals surface area contributed by atoms with Crippen molar-refractivity contribution < 1.29 is 49.0 Å². The molecule has 0 aliphatic heterocycles. The molecular formula is C9H8F10O. The van der Waals surface area contributed by atoms with Gasteiger partial charge in [0.15, 0.2) is 0 Å². The molecule has 0 amide bonds. The summed E-state index contributed by atoms with van der Waals surface area (Å²) in [6.45, 7) is 0.606. The Kier molecular flexibility index (Phi) is 3.22. The smallest absolute Gasteiger partial charge is 0.378 e. The maximum atomic E-state index is 13.3.